The van der Waals surface area contributed by atoms with Crippen LogP contribution in [-0.2, 0) is 9.59 Å². The number of rotatable bonds is 5. The summed E-state index contributed by atoms with van der Waals surface area (Å²) in [6.07, 6.45) is 0.117. The van der Waals surface area contributed by atoms with Gasteiger partial charge in [0.25, 0.3) is 5.91 Å². The zero-order valence-electron chi connectivity index (χ0n) is 15.4. The van der Waals surface area contributed by atoms with Gasteiger partial charge in [-0.15, -0.1) is 0 Å². The molecule has 2 aromatic carbocycles. The number of amides is 2. The third kappa shape index (κ3) is 4.01. The number of nitrogens with zero attached hydrogens (tertiary/aromatic N) is 1. The summed E-state index contributed by atoms with van der Waals surface area (Å²) in [6, 6.07) is 12.3. The van der Waals surface area contributed by atoms with Gasteiger partial charge in [0.05, 0.1) is 18.5 Å². The largest absolute Gasteiger partial charge is 0.495 e. The number of hydrogen-bond donors (Lipinski definition) is 1. The molecule has 2 aromatic rings. The van der Waals surface area contributed by atoms with Gasteiger partial charge in [-0.25, -0.2) is 0 Å². The SMILES string of the molecule is COc1ccccc1NC(=O)CCN1C(=O)C(C)(C)Oc2ccc(Cl)cc21. The maximum Gasteiger partial charge on any atom is 0.270 e. The van der Waals surface area contributed by atoms with Crippen LogP contribution in [0.1, 0.15) is 20.3 Å². The van der Waals surface area contributed by atoms with Gasteiger partial charge >= 0.3 is 0 Å². The van der Waals surface area contributed by atoms with Gasteiger partial charge in [-0.3, -0.25) is 9.59 Å². The van der Waals surface area contributed by atoms with E-state index in [9.17, 15) is 9.59 Å². The first kappa shape index (κ1) is 19.0. The van der Waals surface area contributed by atoms with Crippen LogP contribution in [0.3, 0.4) is 0 Å². The standard InChI is InChI=1S/C20H21ClN2O4/c1-20(2)19(25)23(15-12-13(21)8-9-17(15)27-20)11-10-18(24)22-14-6-4-5-7-16(14)26-3/h4-9,12H,10-11H2,1-3H3,(H,22,24). The van der Waals surface area contributed by atoms with Crippen molar-refractivity contribution in [3.63, 3.8) is 0 Å². The molecule has 6 nitrogen and oxygen atoms in total. The summed E-state index contributed by atoms with van der Waals surface area (Å²) in [7, 11) is 1.54. The van der Waals surface area contributed by atoms with E-state index in [1.807, 2.05) is 12.1 Å². The van der Waals surface area contributed by atoms with Crippen LogP contribution in [0.5, 0.6) is 11.5 Å². The number of para-hydroxylation sites is 2. The first-order valence-corrected chi connectivity index (χ1v) is 8.93. The number of fused-ring (bicyclic) bond motifs is 1. The monoisotopic (exact) mass is 388 g/mol. The number of benzene rings is 2. The number of nitrogens with one attached hydrogen (secondary N) is 1. The summed E-state index contributed by atoms with van der Waals surface area (Å²) in [5, 5.41) is 3.31. The van der Waals surface area contributed by atoms with Gasteiger partial charge in [0.2, 0.25) is 5.91 Å². The summed E-state index contributed by atoms with van der Waals surface area (Å²) in [5.41, 5.74) is 0.138. The van der Waals surface area contributed by atoms with Crippen LogP contribution in [0.2, 0.25) is 5.02 Å². The fourth-order valence-electron chi connectivity index (χ4n) is 2.94. The summed E-state index contributed by atoms with van der Waals surface area (Å²) in [6.45, 7) is 3.61. The first-order valence-electron chi connectivity index (χ1n) is 8.55. The van der Waals surface area contributed by atoms with E-state index in [1.54, 1.807) is 56.2 Å². The zero-order chi connectivity index (χ0) is 19.6. The van der Waals surface area contributed by atoms with Crippen LogP contribution in [0.25, 0.3) is 0 Å². The van der Waals surface area contributed by atoms with Crippen molar-refractivity contribution in [2.75, 3.05) is 23.9 Å². The lowest BCUT2D eigenvalue weighted by Crippen LogP contribution is -2.53. The number of anilines is 2. The molecule has 0 fully saturated rings. The minimum Gasteiger partial charge on any atom is -0.495 e. The third-order valence-electron chi connectivity index (χ3n) is 4.28. The smallest absolute Gasteiger partial charge is 0.270 e. The van der Waals surface area contributed by atoms with E-state index in [-0.39, 0.29) is 24.8 Å². The zero-order valence-corrected chi connectivity index (χ0v) is 16.2. The van der Waals surface area contributed by atoms with Crippen molar-refractivity contribution < 1.29 is 19.1 Å². The predicted octanol–water partition coefficient (Wildman–Crippen LogP) is 3.88. The van der Waals surface area contributed by atoms with Gasteiger partial charge in [0, 0.05) is 18.0 Å². The molecule has 1 heterocycles. The van der Waals surface area contributed by atoms with E-state index in [4.69, 9.17) is 21.1 Å². The van der Waals surface area contributed by atoms with E-state index in [1.165, 1.54) is 0 Å². The molecule has 1 aliphatic rings. The van der Waals surface area contributed by atoms with Crippen molar-refractivity contribution in [1.82, 2.24) is 0 Å². The molecule has 0 aromatic heterocycles. The molecule has 0 saturated heterocycles. The molecule has 0 radical (unpaired) electrons. The Kier molecular flexibility index (Phi) is 5.28. The quantitative estimate of drug-likeness (QED) is 0.843. The number of carbonyl (C=O) groups excluding carboxylic acids is 2. The van der Waals surface area contributed by atoms with E-state index in [2.05, 4.69) is 5.32 Å². The van der Waals surface area contributed by atoms with E-state index in [0.717, 1.165) is 0 Å². The normalized spacial score (nSPS) is 15.0. The minimum absolute atomic E-state index is 0.117. The molecule has 0 atom stereocenters. The Hall–Kier alpha value is -2.73. The molecular weight excluding hydrogens is 368 g/mol. The molecule has 1 N–H and O–H groups in total. The Balaban J connectivity index is 1.75. The molecule has 0 bridgehead atoms. The second-order valence-corrected chi connectivity index (χ2v) is 7.12. The second kappa shape index (κ2) is 7.48. The van der Waals surface area contributed by atoms with E-state index < -0.39 is 5.60 Å². The summed E-state index contributed by atoms with van der Waals surface area (Å²) < 4.78 is 11.0. The van der Waals surface area contributed by atoms with Crippen molar-refractivity contribution in [1.29, 1.82) is 0 Å². The van der Waals surface area contributed by atoms with Crippen molar-refractivity contribution in [2.45, 2.75) is 25.9 Å². The highest BCUT2D eigenvalue weighted by Gasteiger charge is 2.40. The Morgan fingerprint density at radius 3 is 2.74 bits per heavy atom. The lowest BCUT2D eigenvalue weighted by atomic mass is 10.0. The Morgan fingerprint density at radius 2 is 2.00 bits per heavy atom. The fraction of sp³-hybridized carbons (Fsp3) is 0.300. The third-order valence-corrected chi connectivity index (χ3v) is 4.52. The van der Waals surface area contributed by atoms with Crippen LogP contribution in [0, 0.1) is 0 Å². The molecular formula is C20H21ClN2O4. The molecule has 2 amide bonds. The average molecular weight is 389 g/mol. The van der Waals surface area contributed by atoms with Gasteiger partial charge in [-0.1, -0.05) is 23.7 Å². The van der Waals surface area contributed by atoms with Gasteiger partial charge in [0.15, 0.2) is 5.60 Å². The maximum absolute atomic E-state index is 12.8. The molecule has 0 saturated carbocycles. The molecule has 0 unspecified atom stereocenters. The molecule has 3 rings (SSSR count). The van der Waals surface area contributed by atoms with Crippen molar-refractivity contribution >= 4 is 34.8 Å². The highest BCUT2D eigenvalue weighted by atomic mass is 35.5. The maximum atomic E-state index is 12.8. The van der Waals surface area contributed by atoms with Crippen LogP contribution >= 0.6 is 11.6 Å². The topological polar surface area (TPSA) is 67.9 Å². The number of halogens is 1. The highest BCUT2D eigenvalue weighted by molar-refractivity contribution is 6.31. The minimum atomic E-state index is -1.01. The van der Waals surface area contributed by atoms with Crippen molar-refractivity contribution in [2.24, 2.45) is 0 Å². The number of carbonyl (C=O) groups is 2. The summed E-state index contributed by atoms with van der Waals surface area (Å²) in [5.74, 6) is 0.697. The Labute approximate surface area is 163 Å². The van der Waals surface area contributed by atoms with E-state index >= 15 is 0 Å². The molecule has 27 heavy (non-hydrogen) atoms. The van der Waals surface area contributed by atoms with Crippen LogP contribution in [0.15, 0.2) is 42.5 Å². The number of hydrogen-bond acceptors (Lipinski definition) is 4. The Morgan fingerprint density at radius 1 is 1.26 bits per heavy atom. The summed E-state index contributed by atoms with van der Waals surface area (Å²) in [4.78, 5) is 26.8. The highest BCUT2D eigenvalue weighted by Crippen LogP contribution is 2.39. The lowest BCUT2D eigenvalue weighted by molar-refractivity contribution is -0.132. The van der Waals surface area contributed by atoms with Gasteiger partial charge < -0.3 is 19.7 Å². The van der Waals surface area contributed by atoms with Crippen LogP contribution < -0.4 is 19.7 Å². The predicted molar refractivity (Wildman–Crippen MR) is 105 cm³/mol. The van der Waals surface area contributed by atoms with Gasteiger partial charge in [-0.05, 0) is 44.2 Å². The summed E-state index contributed by atoms with van der Waals surface area (Å²) >= 11 is 6.08. The van der Waals surface area contributed by atoms with Crippen LogP contribution in [-0.4, -0.2) is 31.1 Å². The number of methoxy groups -OCH3 is 1. The molecule has 0 spiro atoms. The lowest BCUT2D eigenvalue weighted by Gasteiger charge is -2.38. The van der Waals surface area contributed by atoms with Crippen LogP contribution in [0.4, 0.5) is 11.4 Å². The Bertz CT molecular complexity index is 882. The van der Waals surface area contributed by atoms with E-state index in [0.29, 0.717) is 27.9 Å². The van der Waals surface area contributed by atoms with Crippen molar-refractivity contribution in [3.8, 4) is 11.5 Å². The van der Waals surface area contributed by atoms with Crippen molar-refractivity contribution in [3.05, 3.63) is 47.5 Å². The van der Waals surface area contributed by atoms with Gasteiger partial charge in [0.1, 0.15) is 11.5 Å². The number of ether oxygens (including phenoxy) is 2. The molecule has 0 aliphatic carbocycles. The second-order valence-electron chi connectivity index (χ2n) is 6.68. The average Bonchev–Trinajstić information content (AvgIpc) is 2.63. The first-order chi connectivity index (χ1) is 12.8. The molecule has 7 heteroatoms. The molecule has 1 aliphatic heterocycles. The molecule has 142 valence electrons. The van der Waals surface area contributed by atoms with Gasteiger partial charge in [-0.2, -0.15) is 0 Å². The fourth-order valence-corrected chi connectivity index (χ4v) is 3.10.